The molecule has 0 heterocycles. The van der Waals surface area contributed by atoms with E-state index in [1.165, 1.54) is 68.7 Å². The Kier molecular flexibility index (Phi) is 16.5. The Morgan fingerprint density at radius 1 is 0.824 bits per heavy atom. The molecule has 0 aromatic heterocycles. The van der Waals surface area contributed by atoms with Crippen LogP contribution in [-0.4, -0.2) is 20.9 Å². The van der Waals surface area contributed by atoms with Gasteiger partial charge in [-0.05, 0) is 0 Å². The number of rotatable bonds is 13. The van der Waals surface area contributed by atoms with Crippen LogP contribution < -0.4 is 0 Å². The number of hydrogen-bond donors (Lipinski definition) is 0. The standard InChI is InChI=1S/C16H30Te/c1-3-5-7-8-9-10-11-12-13-14-16-17-15-6-4-2/h4,6,15H,2-3,5,7-14,16H2,1H3/b15-6-. The summed E-state index contributed by atoms with van der Waals surface area (Å²) in [5.74, 6) is 0. The first-order chi connectivity index (χ1) is 8.41. The van der Waals surface area contributed by atoms with E-state index >= 15 is 0 Å². The minimum absolute atomic E-state index is 0.167. The second-order valence-electron chi connectivity index (χ2n) is 4.62. The van der Waals surface area contributed by atoms with Crippen LogP contribution in [0.3, 0.4) is 0 Å². The van der Waals surface area contributed by atoms with Gasteiger partial charge in [0, 0.05) is 0 Å². The molecule has 0 saturated carbocycles. The van der Waals surface area contributed by atoms with Gasteiger partial charge in [0.15, 0.2) is 0 Å². The van der Waals surface area contributed by atoms with E-state index in [1.807, 2.05) is 6.08 Å². The first-order valence-corrected chi connectivity index (χ1v) is 10.3. The third-order valence-electron chi connectivity index (χ3n) is 2.93. The molecule has 0 aliphatic rings. The van der Waals surface area contributed by atoms with Gasteiger partial charge in [-0.15, -0.1) is 0 Å². The fraction of sp³-hybridized carbons (Fsp3) is 0.750. The Bertz CT molecular complexity index is 172. The summed E-state index contributed by atoms with van der Waals surface area (Å²) in [6, 6.07) is 0. The Balaban J connectivity index is 2.93. The average Bonchev–Trinajstić information content (AvgIpc) is 2.35. The van der Waals surface area contributed by atoms with Crippen LogP contribution in [0.5, 0.6) is 0 Å². The predicted molar refractivity (Wildman–Crippen MR) is 81.7 cm³/mol. The van der Waals surface area contributed by atoms with Crippen molar-refractivity contribution in [2.24, 2.45) is 0 Å². The minimum atomic E-state index is 0.167. The summed E-state index contributed by atoms with van der Waals surface area (Å²) in [6.07, 6.45) is 18.5. The van der Waals surface area contributed by atoms with Crippen LogP contribution in [0.1, 0.15) is 71.1 Å². The van der Waals surface area contributed by atoms with E-state index in [0.717, 1.165) is 0 Å². The maximum absolute atomic E-state index is 3.69. The SMILES string of the molecule is C=C/C=C\[Te]CCCCCCCCCCCC. The molecule has 0 radical (unpaired) electrons. The van der Waals surface area contributed by atoms with Gasteiger partial charge in [0.1, 0.15) is 0 Å². The molecule has 17 heavy (non-hydrogen) atoms. The third kappa shape index (κ3) is 16.3. The van der Waals surface area contributed by atoms with Crippen molar-refractivity contribution in [2.75, 3.05) is 0 Å². The summed E-state index contributed by atoms with van der Waals surface area (Å²) in [4.78, 5) is 0. The summed E-state index contributed by atoms with van der Waals surface area (Å²) in [5.41, 5.74) is 0. The quantitative estimate of drug-likeness (QED) is 0.226. The number of unbranched alkanes of at least 4 members (excludes halogenated alkanes) is 9. The summed E-state index contributed by atoms with van der Waals surface area (Å²) < 4.78 is 3.83. The second-order valence-corrected chi connectivity index (χ2v) is 7.51. The van der Waals surface area contributed by atoms with Crippen molar-refractivity contribution in [3.05, 3.63) is 22.9 Å². The predicted octanol–water partition coefficient (Wildman–Crippen LogP) is 5.73. The van der Waals surface area contributed by atoms with Crippen LogP contribution in [0.2, 0.25) is 4.47 Å². The molecule has 0 unspecified atom stereocenters. The molecule has 0 aliphatic carbocycles. The molecule has 0 atom stereocenters. The molecule has 0 fully saturated rings. The second kappa shape index (κ2) is 16.3. The Hall–Kier alpha value is 0.270. The van der Waals surface area contributed by atoms with E-state index < -0.39 is 0 Å². The topological polar surface area (TPSA) is 0 Å². The Morgan fingerprint density at radius 3 is 1.88 bits per heavy atom. The molecule has 0 rings (SSSR count). The summed E-state index contributed by atoms with van der Waals surface area (Å²) in [6.45, 7) is 5.97. The molecule has 0 saturated heterocycles. The van der Waals surface area contributed by atoms with Crippen LogP contribution in [0.25, 0.3) is 0 Å². The molecule has 0 N–H and O–H groups in total. The van der Waals surface area contributed by atoms with Gasteiger partial charge in [0.2, 0.25) is 0 Å². The van der Waals surface area contributed by atoms with Gasteiger partial charge in [-0.1, -0.05) is 0 Å². The van der Waals surface area contributed by atoms with Crippen molar-refractivity contribution in [2.45, 2.75) is 75.6 Å². The fourth-order valence-electron chi connectivity index (χ4n) is 1.85. The molecule has 0 spiro atoms. The van der Waals surface area contributed by atoms with Crippen LogP contribution in [0.15, 0.2) is 22.9 Å². The van der Waals surface area contributed by atoms with Crippen LogP contribution >= 0.6 is 0 Å². The van der Waals surface area contributed by atoms with Crippen molar-refractivity contribution in [1.82, 2.24) is 0 Å². The molecular formula is C16H30Te. The summed E-state index contributed by atoms with van der Waals surface area (Å²) in [5, 5.41) is 0. The van der Waals surface area contributed by atoms with Crippen LogP contribution in [0.4, 0.5) is 0 Å². The van der Waals surface area contributed by atoms with Gasteiger partial charge in [0.25, 0.3) is 0 Å². The van der Waals surface area contributed by atoms with Gasteiger partial charge < -0.3 is 0 Å². The van der Waals surface area contributed by atoms with Crippen molar-refractivity contribution >= 4 is 20.9 Å². The molecule has 1 heteroatoms. The molecule has 0 nitrogen and oxygen atoms in total. The monoisotopic (exact) mass is 352 g/mol. The molecule has 0 amide bonds. The van der Waals surface area contributed by atoms with E-state index in [2.05, 4.69) is 23.7 Å². The van der Waals surface area contributed by atoms with E-state index in [4.69, 9.17) is 0 Å². The molecule has 0 aromatic rings. The first-order valence-electron chi connectivity index (χ1n) is 7.31. The van der Waals surface area contributed by atoms with E-state index in [1.54, 1.807) is 0 Å². The van der Waals surface area contributed by atoms with E-state index in [-0.39, 0.29) is 20.9 Å². The van der Waals surface area contributed by atoms with Crippen molar-refractivity contribution in [3.8, 4) is 0 Å². The number of hydrogen-bond acceptors (Lipinski definition) is 0. The molecule has 0 bridgehead atoms. The van der Waals surface area contributed by atoms with Gasteiger partial charge in [0.05, 0.1) is 0 Å². The summed E-state index contributed by atoms with van der Waals surface area (Å²) in [7, 11) is 0. The third-order valence-corrected chi connectivity index (χ3v) is 5.42. The van der Waals surface area contributed by atoms with Gasteiger partial charge in [-0.25, -0.2) is 0 Å². The van der Waals surface area contributed by atoms with Crippen molar-refractivity contribution in [3.63, 3.8) is 0 Å². The van der Waals surface area contributed by atoms with Gasteiger partial charge in [-0.3, -0.25) is 0 Å². The Morgan fingerprint density at radius 2 is 1.35 bits per heavy atom. The molecule has 100 valence electrons. The van der Waals surface area contributed by atoms with Gasteiger partial charge in [-0.2, -0.15) is 0 Å². The normalized spacial score (nSPS) is 11.1. The van der Waals surface area contributed by atoms with Gasteiger partial charge >= 0.3 is 119 Å². The van der Waals surface area contributed by atoms with Crippen molar-refractivity contribution in [1.29, 1.82) is 0 Å². The van der Waals surface area contributed by atoms with Crippen LogP contribution in [0, 0.1) is 0 Å². The molecule has 0 aromatic carbocycles. The average molecular weight is 350 g/mol. The first kappa shape index (κ1) is 17.3. The Labute approximate surface area is 119 Å². The van der Waals surface area contributed by atoms with E-state index in [9.17, 15) is 0 Å². The van der Waals surface area contributed by atoms with Crippen molar-refractivity contribution < 1.29 is 0 Å². The zero-order valence-electron chi connectivity index (χ0n) is 11.6. The molecule has 0 aliphatic heterocycles. The summed E-state index contributed by atoms with van der Waals surface area (Å²) >= 11 is 0.167. The van der Waals surface area contributed by atoms with E-state index in [0.29, 0.717) is 0 Å². The fourth-order valence-corrected chi connectivity index (χ4v) is 3.93. The van der Waals surface area contributed by atoms with Crippen LogP contribution in [-0.2, 0) is 0 Å². The zero-order valence-corrected chi connectivity index (χ0v) is 14.0. The maximum atomic E-state index is 3.69. The zero-order chi connectivity index (χ0) is 12.6. The number of allylic oxidation sites excluding steroid dienone is 2. The molecular weight excluding hydrogens is 320 g/mol.